The van der Waals surface area contributed by atoms with Gasteiger partial charge < -0.3 is 10.2 Å². The first-order chi connectivity index (χ1) is 15.4. The minimum absolute atomic E-state index is 0.0818. The Labute approximate surface area is 187 Å². The summed E-state index contributed by atoms with van der Waals surface area (Å²) in [5.74, 6) is 0.738. The highest BCUT2D eigenvalue weighted by molar-refractivity contribution is 5.46. The van der Waals surface area contributed by atoms with Gasteiger partial charge in [-0.15, -0.1) is 0 Å². The van der Waals surface area contributed by atoms with Crippen LogP contribution in [-0.4, -0.2) is 31.1 Å². The Hall–Kier alpha value is -2.42. The maximum atomic E-state index is 3.73. The lowest BCUT2D eigenvalue weighted by atomic mass is 9.68. The largest absolute Gasteiger partial charge is 0.311 e. The normalized spacial score (nSPS) is 22.2. The molecule has 2 aliphatic rings. The van der Waals surface area contributed by atoms with Gasteiger partial charge in [0.25, 0.3) is 0 Å². The van der Waals surface area contributed by atoms with Gasteiger partial charge in [-0.2, -0.15) is 0 Å². The molecule has 31 heavy (non-hydrogen) atoms. The van der Waals surface area contributed by atoms with E-state index in [-0.39, 0.29) is 5.41 Å². The zero-order valence-electron chi connectivity index (χ0n) is 18.5. The third-order valence-electron chi connectivity index (χ3n) is 7.54. The lowest BCUT2D eigenvalue weighted by Gasteiger charge is -2.41. The van der Waals surface area contributed by atoms with Gasteiger partial charge in [-0.1, -0.05) is 84.9 Å². The van der Waals surface area contributed by atoms with Crippen LogP contribution in [0.1, 0.15) is 53.9 Å². The maximum Gasteiger partial charge on any atom is 0.0331 e. The van der Waals surface area contributed by atoms with E-state index in [9.17, 15) is 0 Å². The van der Waals surface area contributed by atoms with E-state index in [4.69, 9.17) is 0 Å². The van der Waals surface area contributed by atoms with E-state index in [0.29, 0.717) is 0 Å². The van der Waals surface area contributed by atoms with Crippen LogP contribution in [0.15, 0.2) is 84.9 Å². The Bertz CT molecular complexity index is 960. The van der Waals surface area contributed by atoms with Crippen LogP contribution < -0.4 is 5.32 Å². The van der Waals surface area contributed by atoms with Crippen molar-refractivity contribution in [2.45, 2.75) is 43.6 Å². The van der Waals surface area contributed by atoms with E-state index in [1.54, 1.807) is 0 Å². The van der Waals surface area contributed by atoms with Gasteiger partial charge in [0.15, 0.2) is 0 Å². The van der Waals surface area contributed by atoms with E-state index >= 15 is 0 Å². The standard InChI is InChI=1S/C29H34N2/c1-3-10-24(11-4-1)25-16-20-31(21-17-25)19-9-18-29(27-13-5-2-6-14-27)23-30-22-26-12-7-8-15-28(26)29/h1-8,10-15,25,30H,9,16-23H2. The molecule has 5 rings (SSSR count). The third-order valence-corrected chi connectivity index (χ3v) is 7.54. The molecule has 1 fully saturated rings. The second kappa shape index (κ2) is 9.38. The molecular weight excluding hydrogens is 376 g/mol. The summed E-state index contributed by atoms with van der Waals surface area (Å²) in [6.07, 6.45) is 5.01. The van der Waals surface area contributed by atoms with Crippen molar-refractivity contribution in [3.8, 4) is 0 Å². The molecular formula is C29H34N2. The van der Waals surface area contributed by atoms with Crippen LogP contribution in [0, 0.1) is 0 Å². The van der Waals surface area contributed by atoms with Crippen molar-refractivity contribution in [1.82, 2.24) is 10.2 Å². The molecule has 0 saturated carbocycles. The van der Waals surface area contributed by atoms with Crippen molar-refractivity contribution >= 4 is 0 Å². The zero-order valence-corrected chi connectivity index (χ0v) is 18.5. The zero-order chi connectivity index (χ0) is 20.9. The number of rotatable bonds is 6. The van der Waals surface area contributed by atoms with Crippen LogP contribution in [0.3, 0.4) is 0 Å². The fourth-order valence-corrected chi connectivity index (χ4v) is 5.85. The number of fused-ring (bicyclic) bond motifs is 1. The molecule has 2 nitrogen and oxygen atoms in total. The number of nitrogens with one attached hydrogen (secondary N) is 1. The Morgan fingerprint density at radius 1 is 0.806 bits per heavy atom. The number of benzene rings is 3. The van der Waals surface area contributed by atoms with Crippen LogP contribution in [-0.2, 0) is 12.0 Å². The fourth-order valence-electron chi connectivity index (χ4n) is 5.85. The molecule has 1 N–H and O–H groups in total. The molecule has 160 valence electrons. The molecule has 0 bridgehead atoms. The summed E-state index contributed by atoms with van der Waals surface area (Å²) in [5, 5.41) is 3.73. The summed E-state index contributed by atoms with van der Waals surface area (Å²) in [5.41, 5.74) is 6.05. The summed E-state index contributed by atoms with van der Waals surface area (Å²) in [7, 11) is 0. The number of hydrogen-bond acceptors (Lipinski definition) is 2. The minimum atomic E-state index is 0.0818. The van der Waals surface area contributed by atoms with Crippen molar-refractivity contribution < 1.29 is 0 Å². The Balaban J connectivity index is 1.26. The second-order valence-electron chi connectivity index (χ2n) is 9.34. The molecule has 1 unspecified atom stereocenters. The summed E-state index contributed by atoms with van der Waals surface area (Å²) in [6.45, 7) is 5.68. The van der Waals surface area contributed by atoms with E-state index in [1.807, 2.05) is 0 Å². The van der Waals surface area contributed by atoms with Gasteiger partial charge in [0.1, 0.15) is 0 Å². The van der Waals surface area contributed by atoms with Crippen LogP contribution in [0.4, 0.5) is 0 Å². The summed E-state index contributed by atoms with van der Waals surface area (Å²) in [6, 6.07) is 31.3. The molecule has 3 aromatic carbocycles. The molecule has 0 aromatic heterocycles. The molecule has 1 atom stereocenters. The van der Waals surface area contributed by atoms with E-state index in [2.05, 4.69) is 95.1 Å². The summed E-state index contributed by atoms with van der Waals surface area (Å²) >= 11 is 0. The summed E-state index contributed by atoms with van der Waals surface area (Å²) in [4.78, 5) is 2.69. The van der Waals surface area contributed by atoms with E-state index in [1.165, 1.54) is 67.6 Å². The smallest absolute Gasteiger partial charge is 0.0331 e. The number of piperidine rings is 1. The highest BCUT2D eigenvalue weighted by Gasteiger charge is 2.37. The predicted octanol–water partition coefficient (Wildman–Crippen LogP) is 5.74. The molecule has 0 spiro atoms. The Kier molecular flexibility index (Phi) is 6.20. The average Bonchev–Trinajstić information content (AvgIpc) is 2.86. The predicted molar refractivity (Wildman–Crippen MR) is 129 cm³/mol. The quantitative estimate of drug-likeness (QED) is 0.558. The lowest BCUT2D eigenvalue weighted by molar-refractivity contribution is 0.203. The van der Waals surface area contributed by atoms with Gasteiger partial charge in [0.05, 0.1) is 0 Å². The van der Waals surface area contributed by atoms with Gasteiger partial charge in [0.2, 0.25) is 0 Å². The maximum absolute atomic E-state index is 3.73. The highest BCUT2D eigenvalue weighted by atomic mass is 15.1. The number of nitrogens with zero attached hydrogens (tertiary/aromatic N) is 1. The van der Waals surface area contributed by atoms with Gasteiger partial charge in [-0.25, -0.2) is 0 Å². The van der Waals surface area contributed by atoms with E-state index < -0.39 is 0 Å². The van der Waals surface area contributed by atoms with E-state index in [0.717, 1.165) is 19.0 Å². The van der Waals surface area contributed by atoms with Crippen molar-refractivity contribution in [1.29, 1.82) is 0 Å². The highest BCUT2D eigenvalue weighted by Crippen LogP contribution is 2.40. The molecule has 1 saturated heterocycles. The molecule has 3 aromatic rings. The molecule has 0 aliphatic carbocycles. The molecule has 0 amide bonds. The third kappa shape index (κ3) is 4.33. The first kappa shape index (κ1) is 20.5. The van der Waals surface area contributed by atoms with Crippen LogP contribution in [0.25, 0.3) is 0 Å². The summed E-state index contributed by atoms with van der Waals surface area (Å²) < 4.78 is 0. The van der Waals surface area contributed by atoms with Gasteiger partial charge >= 0.3 is 0 Å². The van der Waals surface area contributed by atoms with Crippen molar-refractivity contribution in [2.75, 3.05) is 26.2 Å². The minimum Gasteiger partial charge on any atom is -0.311 e. The molecule has 2 heteroatoms. The van der Waals surface area contributed by atoms with Gasteiger partial charge in [0, 0.05) is 18.5 Å². The van der Waals surface area contributed by atoms with Crippen molar-refractivity contribution in [2.24, 2.45) is 0 Å². The number of hydrogen-bond donors (Lipinski definition) is 1. The first-order valence-electron chi connectivity index (χ1n) is 12.0. The second-order valence-corrected chi connectivity index (χ2v) is 9.34. The van der Waals surface area contributed by atoms with Crippen LogP contribution in [0.2, 0.25) is 0 Å². The Morgan fingerprint density at radius 3 is 2.26 bits per heavy atom. The SMILES string of the molecule is c1ccc(C2CCN(CCCC3(c4ccccc4)CNCc4ccccc43)CC2)cc1. The van der Waals surface area contributed by atoms with Gasteiger partial charge in [-0.3, -0.25) is 0 Å². The van der Waals surface area contributed by atoms with Crippen molar-refractivity contribution in [3.05, 3.63) is 107 Å². The number of likely N-dealkylation sites (tertiary alicyclic amines) is 1. The average molecular weight is 411 g/mol. The molecule has 0 radical (unpaired) electrons. The van der Waals surface area contributed by atoms with Crippen LogP contribution >= 0.6 is 0 Å². The molecule has 2 aliphatic heterocycles. The monoisotopic (exact) mass is 410 g/mol. The first-order valence-corrected chi connectivity index (χ1v) is 12.0. The molecule has 2 heterocycles. The topological polar surface area (TPSA) is 15.3 Å². The van der Waals surface area contributed by atoms with Crippen molar-refractivity contribution in [3.63, 3.8) is 0 Å². The van der Waals surface area contributed by atoms with Crippen LogP contribution in [0.5, 0.6) is 0 Å². The Morgan fingerprint density at radius 2 is 1.48 bits per heavy atom. The lowest BCUT2D eigenvalue weighted by Crippen LogP contribution is -2.44. The fraction of sp³-hybridized carbons (Fsp3) is 0.379. The van der Waals surface area contributed by atoms with Gasteiger partial charge in [-0.05, 0) is 73.5 Å².